The van der Waals surface area contributed by atoms with Gasteiger partial charge in [-0.05, 0) is 18.1 Å². The van der Waals surface area contributed by atoms with Gasteiger partial charge >= 0.3 is 0 Å². The van der Waals surface area contributed by atoms with Gasteiger partial charge in [-0.15, -0.1) is 10.2 Å². The molecule has 1 saturated carbocycles. The van der Waals surface area contributed by atoms with E-state index in [-0.39, 0.29) is 17.7 Å². The number of morpholine rings is 1. The zero-order valence-electron chi connectivity index (χ0n) is 11.9. The molecule has 20 heavy (non-hydrogen) atoms. The van der Waals surface area contributed by atoms with E-state index >= 15 is 0 Å². The molecule has 1 aromatic heterocycles. The molecule has 1 aliphatic carbocycles. The summed E-state index contributed by atoms with van der Waals surface area (Å²) in [5.41, 5.74) is -0.316. The SMILES string of the molecule is Cn1nnc(CC(=O)C2(N3CCOCC3)CCCC2)n1. The van der Waals surface area contributed by atoms with Crippen molar-refractivity contribution < 1.29 is 9.53 Å². The third-order valence-corrected chi connectivity index (χ3v) is 4.43. The smallest absolute Gasteiger partial charge is 0.182 e. The lowest BCUT2D eigenvalue weighted by molar-refractivity contribution is -0.134. The highest BCUT2D eigenvalue weighted by atomic mass is 16.5. The average Bonchev–Trinajstić information content (AvgIpc) is 3.10. The Kier molecular flexibility index (Phi) is 3.80. The van der Waals surface area contributed by atoms with E-state index < -0.39 is 0 Å². The summed E-state index contributed by atoms with van der Waals surface area (Å²) in [7, 11) is 1.72. The average molecular weight is 279 g/mol. The first-order valence-corrected chi connectivity index (χ1v) is 7.30. The van der Waals surface area contributed by atoms with Crippen LogP contribution in [0.3, 0.4) is 0 Å². The normalized spacial score (nSPS) is 23.1. The summed E-state index contributed by atoms with van der Waals surface area (Å²) in [6.07, 6.45) is 4.43. The molecule has 3 rings (SSSR count). The van der Waals surface area contributed by atoms with Crippen molar-refractivity contribution in [3.8, 4) is 0 Å². The minimum absolute atomic E-state index is 0.241. The Labute approximate surface area is 118 Å². The molecule has 1 aliphatic heterocycles. The Hall–Kier alpha value is -1.34. The van der Waals surface area contributed by atoms with Gasteiger partial charge in [0.25, 0.3) is 0 Å². The lowest BCUT2D eigenvalue weighted by Crippen LogP contribution is -2.57. The van der Waals surface area contributed by atoms with E-state index in [1.807, 2.05) is 0 Å². The monoisotopic (exact) mass is 279 g/mol. The molecule has 110 valence electrons. The summed E-state index contributed by atoms with van der Waals surface area (Å²) in [5, 5.41) is 11.9. The number of ether oxygens (including phenoxy) is 1. The molecule has 2 aliphatic rings. The Morgan fingerprint density at radius 1 is 1.30 bits per heavy atom. The Morgan fingerprint density at radius 2 is 2.00 bits per heavy atom. The number of hydrogen-bond donors (Lipinski definition) is 0. The predicted octanol–water partition coefficient (Wildman–Crippen LogP) is -0.0333. The minimum atomic E-state index is -0.316. The first-order valence-electron chi connectivity index (χ1n) is 7.30. The Bertz CT molecular complexity index is 475. The Balaban J connectivity index is 1.76. The molecule has 2 fully saturated rings. The van der Waals surface area contributed by atoms with Crippen LogP contribution in [0.5, 0.6) is 0 Å². The fourth-order valence-corrected chi connectivity index (χ4v) is 3.42. The number of ketones is 1. The standard InChI is InChI=1S/C13H21N5O2/c1-17-15-12(14-16-17)10-11(19)13(4-2-3-5-13)18-6-8-20-9-7-18/h2-10H2,1H3. The number of carbonyl (C=O) groups excluding carboxylic acids is 1. The molecular formula is C13H21N5O2. The van der Waals surface area contributed by atoms with Crippen molar-refractivity contribution in [3.63, 3.8) is 0 Å². The van der Waals surface area contributed by atoms with Crippen molar-refractivity contribution in [2.24, 2.45) is 7.05 Å². The number of tetrazole rings is 1. The lowest BCUT2D eigenvalue weighted by Gasteiger charge is -2.42. The summed E-state index contributed by atoms with van der Waals surface area (Å²) in [5.74, 6) is 0.766. The van der Waals surface area contributed by atoms with Crippen LogP contribution in [0.4, 0.5) is 0 Å². The second kappa shape index (κ2) is 5.57. The highest BCUT2D eigenvalue weighted by molar-refractivity contribution is 5.90. The molecule has 7 nitrogen and oxygen atoms in total. The van der Waals surface area contributed by atoms with E-state index in [0.717, 1.165) is 52.0 Å². The quantitative estimate of drug-likeness (QED) is 0.770. The van der Waals surface area contributed by atoms with Crippen LogP contribution in [0, 0.1) is 0 Å². The van der Waals surface area contributed by atoms with E-state index in [0.29, 0.717) is 5.82 Å². The number of rotatable bonds is 4. The van der Waals surface area contributed by atoms with Crippen molar-refractivity contribution in [1.82, 2.24) is 25.1 Å². The molecule has 0 N–H and O–H groups in total. The van der Waals surface area contributed by atoms with Gasteiger partial charge in [-0.2, -0.15) is 4.80 Å². The number of carbonyl (C=O) groups is 1. The summed E-state index contributed by atoms with van der Waals surface area (Å²) < 4.78 is 5.41. The molecule has 0 spiro atoms. The van der Waals surface area contributed by atoms with Crippen molar-refractivity contribution >= 4 is 5.78 Å². The maximum atomic E-state index is 12.8. The molecule has 7 heteroatoms. The number of hydrogen-bond acceptors (Lipinski definition) is 6. The molecule has 1 aromatic rings. The van der Waals surface area contributed by atoms with Crippen LogP contribution < -0.4 is 0 Å². The van der Waals surface area contributed by atoms with E-state index in [9.17, 15) is 4.79 Å². The van der Waals surface area contributed by atoms with Gasteiger partial charge in [-0.1, -0.05) is 12.8 Å². The summed E-state index contributed by atoms with van der Waals surface area (Å²) in [4.78, 5) is 16.6. The minimum Gasteiger partial charge on any atom is -0.379 e. The van der Waals surface area contributed by atoms with Crippen LogP contribution in [0.1, 0.15) is 31.5 Å². The molecular weight excluding hydrogens is 258 g/mol. The van der Waals surface area contributed by atoms with Crippen LogP contribution in [0.15, 0.2) is 0 Å². The third kappa shape index (κ3) is 2.47. The van der Waals surface area contributed by atoms with Gasteiger partial charge in [-0.25, -0.2) is 0 Å². The largest absolute Gasteiger partial charge is 0.379 e. The molecule has 0 radical (unpaired) electrons. The summed E-state index contributed by atoms with van der Waals surface area (Å²) >= 11 is 0. The van der Waals surface area contributed by atoms with E-state index in [4.69, 9.17) is 4.74 Å². The van der Waals surface area contributed by atoms with Crippen molar-refractivity contribution in [2.45, 2.75) is 37.6 Å². The van der Waals surface area contributed by atoms with Crippen LogP contribution >= 0.6 is 0 Å². The fourth-order valence-electron chi connectivity index (χ4n) is 3.42. The summed E-state index contributed by atoms with van der Waals surface area (Å²) in [6, 6.07) is 0. The van der Waals surface area contributed by atoms with Gasteiger partial charge in [-0.3, -0.25) is 9.69 Å². The van der Waals surface area contributed by atoms with Crippen LogP contribution in [0.25, 0.3) is 0 Å². The number of aryl methyl sites for hydroxylation is 1. The van der Waals surface area contributed by atoms with E-state index in [1.165, 1.54) is 4.80 Å². The molecule has 0 unspecified atom stereocenters. The van der Waals surface area contributed by atoms with Crippen molar-refractivity contribution in [3.05, 3.63) is 5.82 Å². The topological polar surface area (TPSA) is 73.1 Å². The zero-order chi connectivity index (χ0) is 14.0. The molecule has 2 heterocycles. The highest BCUT2D eigenvalue weighted by Gasteiger charge is 2.46. The van der Waals surface area contributed by atoms with Crippen LogP contribution in [-0.2, 0) is 23.0 Å². The van der Waals surface area contributed by atoms with Crippen molar-refractivity contribution in [1.29, 1.82) is 0 Å². The predicted molar refractivity (Wildman–Crippen MR) is 71.1 cm³/mol. The second-order valence-electron chi connectivity index (χ2n) is 5.63. The number of aromatic nitrogens is 4. The molecule has 0 amide bonds. The van der Waals surface area contributed by atoms with Crippen molar-refractivity contribution in [2.75, 3.05) is 26.3 Å². The highest BCUT2D eigenvalue weighted by Crippen LogP contribution is 2.37. The van der Waals surface area contributed by atoms with Gasteiger partial charge in [0.2, 0.25) is 0 Å². The van der Waals surface area contributed by atoms with Gasteiger partial charge in [0.15, 0.2) is 11.6 Å². The van der Waals surface area contributed by atoms with Gasteiger partial charge in [0, 0.05) is 13.1 Å². The van der Waals surface area contributed by atoms with Crippen LogP contribution in [-0.4, -0.2) is 62.7 Å². The van der Waals surface area contributed by atoms with Crippen LogP contribution in [0.2, 0.25) is 0 Å². The third-order valence-electron chi connectivity index (χ3n) is 4.43. The van der Waals surface area contributed by atoms with Gasteiger partial charge in [0.05, 0.1) is 32.2 Å². The van der Waals surface area contributed by atoms with Gasteiger partial charge in [0.1, 0.15) is 0 Å². The molecule has 0 atom stereocenters. The fraction of sp³-hybridized carbons (Fsp3) is 0.846. The maximum Gasteiger partial charge on any atom is 0.182 e. The number of nitrogens with zero attached hydrogens (tertiary/aromatic N) is 5. The van der Waals surface area contributed by atoms with Gasteiger partial charge < -0.3 is 4.74 Å². The number of Topliss-reactive ketones (excluding diaryl/α,β-unsaturated/α-hetero) is 1. The van der Waals surface area contributed by atoms with E-state index in [2.05, 4.69) is 20.3 Å². The maximum absolute atomic E-state index is 12.8. The molecule has 1 saturated heterocycles. The molecule has 0 aromatic carbocycles. The first-order chi connectivity index (χ1) is 9.71. The Morgan fingerprint density at radius 3 is 2.60 bits per heavy atom. The zero-order valence-corrected chi connectivity index (χ0v) is 11.9. The summed E-state index contributed by atoms with van der Waals surface area (Å²) in [6.45, 7) is 3.14. The first kappa shape index (κ1) is 13.6. The lowest BCUT2D eigenvalue weighted by atomic mass is 9.87. The van der Waals surface area contributed by atoms with E-state index in [1.54, 1.807) is 7.05 Å². The molecule has 0 bridgehead atoms. The second-order valence-corrected chi connectivity index (χ2v) is 5.63.